The number of benzene rings is 1. The number of hydrogen-bond acceptors (Lipinski definition) is 4. The molecule has 20 heavy (non-hydrogen) atoms. The highest BCUT2D eigenvalue weighted by Crippen LogP contribution is 2.23. The number of piperidine rings is 1. The standard InChI is InChI=1S/C13H16BrN3O3/c1-8-12(3-2-6-15-8)16-13(18)10-5-4-9(17(19)20)7-11(10)14/h4-5,7-8,12,15H,2-3,6H2,1H3,(H,16,18). The van der Waals surface area contributed by atoms with Gasteiger partial charge in [0.2, 0.25) is 0 Å². The van der Waals surface area contributed by atoms with Crippen molar-refractivity contribution in [1.82, 2.24) is 10.6 Å². The van der Waals surface area contributed by atoms with Crippen LogP contribution in [0, 0.1) is 10.1 Å². The largest absolute Gasteiger partial charge is 0.348 e. The minimum Gasteiger partial charge on any atom is -0.348 e. The molecule has 2 atom stereocenters. The van der Waals surface area contributed by atoms with Gasteiger partial charge in [-0.15, -0.1) is 0 Å². The van der Waals surface area contributed by atoms with Gasteiger partial charge < -0.3 is 10.6 Å². The number of nitrogens with zero attached hydrogens (tertiary/aromatic N) is 1. The SMILES string of the molecule is CC1NCCCC1NC(=O)c1ccc([N+](=O)[O-])cc1Br. The molecule has 0 spiro atoms. The number of rotatable bonds is 3. The Morgan fingerprint density at radius 3 is 2.90 bits per heavy atom. The molecule has 1 heterocycles. The van der Waals surface area contributed by atoms with E-state index in [1.54, 1.807) is 0 Å². The van der Waals surface area contributed by atoms with Crippen LogP contribution in [0.15, 0.2) is 22.7 Å². The first kappa shape index (κ1) is 14.9. The summed E-state index contributed by atoms with van der Waals surface area (Å²) in [5, 5.41) is 17.0. The molecule has 0 aromatic heterocycles. The molecule has 1 saturated heterocycles. The smallest absolute Gasteiger partial charge is 0.270 e. The van der Waals surface area contributed by atoms with Gasteiger partial charge in [0.25, 0.3) is 11.6 Å². The Kier molecular flexibility index (Phi) is 4.72. The van der Waals surface area contributed by atoms with E-state index in [-0.39, 0.29) is 23.7 Å². The van der Waals surface area contributed by atoms with Crippen molar-refractivity contribution in [2.75, 3.05) is 6.54 Å². The second-order valence-electron chi connectivity index (χ2n) is 4.89. The van der Waals surface area contributed by atoms with Crippen molar-refractivity contribution in [1.29, 1.82) is 0 Å². The molecule has 1 aromatic carbocycles. The van der Waals surface area contributed by atoms with E-state index in [0.717, 1.165) is 19.4 Å². The fourth-order valence-corrected chi connectivity index (χ4v) is 2.84. The Bertz CT molecular complexity index is 536. The van der Waals surface area contributed by atoms with Gasteiger partial charge in [-0.25, -0.2) is 0 Å². The third-order valence-corrected chi connectivity index (χ3v) is 4.14. The summed E-state index contributed by atoms with van der Waals surface area (Å²) in [6, 6.07) is 4.46. The van der Waals surface area contributed by atoms with Crippen LogP contribution in [-0.2, 0) is 0 Å². The highest BCUT2D eigenvalue weighted by atomic mass is 79.9. The first-order valence-electron chi connectivity index (χ1n) is 6.47. The number of carbonyl (C=O) groups excluding carboxylic acids is 1. The summed E-state index contributed by atoms with van der Waals surface area (Å²) in [4.78, 5) is 22.4. The lowest BCUT2D eigenvalue weighted by Crippen LogP contribution is -2.51. The number of amides is 1. The van der Waals surface area contributed by atoms with Crippen molar-refractivity contribution in [3.8, 4) is 0 Å². The Labute approximate surface area is 125 Å². The maximum Gasteiger partial charge on any atom is 0.270 e. The lowest BCUT2D eigenvalue weighted by molar-refractivity contribution is -0.384. The van der Waals surface area contributed by atoms with Crippen molar-refractivity contribution < 1.29 is 9.72 Å². The molecular formula is C13H16BrN3O3. The lowest BCUT2D eigenvalue weighted by Gasteiger charge is -2.30. The van der Waals surface area contributed by atoms with Gasteiger partial charge in [0.05, 0.1) is 10.5 Å². The van der Waals surface area contributed by atoms with Gasteiger partial charge in [-0.2, -0.15) is 0 Å². The Hall–Kier alpha value is -1.47. The molecule has 1 aliphatic rings. The maximum atomic E-state index is 12.2. The number of carbonyl (C=O) groups is 1. The minimum absolute atomic E-state index is 0.0406. The average molecular weight is 342 g/mol. The third kappa shape index (κ3) is 3.34. The second-order valence-corrected chi connectivity index (χ2v) is 5.74. The number of hydrogen-bond donors (Lipinski definition) is 2. The second kappa shape index (κ2) is 6.32. The molecule has 6 nitrogen and oxygen atoms in total. The number of nitro benzene ring substituents is 1. The molecular weight excluding hydrogens is 326 g/mol. The summed E-state index contributed by atoms with van der Waals surface area (Å²) < 4.78 is 0.431. The molecule has 108 valence electrons. The van der Waals surface area contributed by atoms with Crippen molar-refractivity contribution in [3.63, 3.8) is 0 Å². The van der Waals surface area contributed by atoms with Crippen molar-refractivity contribution in [2.24, 2.45) is 0 Å². The van der Waals surface area contributed by atoms with E-state index in [9.17, 15) is 14.9 Å². The van der Waals surface area contributed by atoms with E-state index in [2.05, 4.69) is 26.6 Å². The van der Waals surface area contributed by atoms with Crippen molar-refractivity contribution >= 4 is 27.5 Å². The van der Waals surface area contributed by atoms with Gasteiger partial charge in [0.15, 0.2) is 0 Å². The number of nitro groups is 1. The van der Waals surface area contributed by atoms with E-state index in [1.807, 2.05) is 6.92 Å². The monoisotopic (exact) mass is 341 g/mol. The zero-order valence-electron chi connectivity index (χ0n) is 11.1. The zero-order chi connectivity index (χ0) is 14.7. The number of non-ortho nitro benzene ring substituents is 1. The molecule has 1 amide bonds. The Balaban J connectivity index is 2.11. The van der Waals surface area contributed by atoms with Crippen LogP contribution in [0.1, 0.15) is 30.1 Å². The van der Waals surface area contributed by atoms with Gasteiger partial charge >= 0.3 is 0 Å². The van der Waals surface area contributed by atoms with E-state index in [0.29, 0.717) is 10.0 Å². The highest BCUT2D eigenvalue weighted by molar-refractivity contribution is 9.10. The number of halogens is 1. The van der Waals surface area contributed by atoms with Crippen LogP contribution in [0.2, 0.25) is 0 Å². The van der Waals surface area contributed by atoms with E-state index in [1.165, 1.54) is 18.2 Å². The summed E-state index contributed by atoms with van der Waals surface area (Å²) in [6.07, 6.45) is 1.96. The quantitative estimate of drug-likeness (QED) is 0.652. The predicted molar refractivity (Wildman–Crippen MR) is 78.7 cm³/mol. The maximum absolute atomic E-state index is 12.2. The lowest BCUT2D eigenvalue weighted by atomic mass is 9.99. The first-order chi connectivity index (χ1) is 9.49. The number of nitrogens with one attached hydrogen (secondary N) is 2. The summed E-state index contributed by atoms with van der Waals surface area (Å²) in [6.45, 7) is 3.00. The highest BCUT2D eigenvalue weighted by Gasteiger charge is 2.24. The average Bonchev–Trinajstić information content (AvgIpc) is 2.41. The molecule has 0 bridgehead atoms. The van der Waals surface area contributed by atoms with Crippen molar-refractivity contribution in [3.05, 3.63) is 38.3 Å². The van der Waals surface area contributed by atoms with E-state index < -0.39 is 4.92 Å². The fourth-order valence-electron chi connectivity index (χ4n) is 2.29. The van der Waals surface area contributed by atoms with Crippen LogP contribution >= 0.6 is 15.9 Å². The van der Waals surface area contributed by atoms with Crippen LogP contribution in [0.3, 0.4) is 0 Å². The normalized spacial score (nSPS) is 22.3. The third-order valence-electron chi connectivity index (χ3n) is 3.49. The molecule has 7 heteroatoms. The summed E-state index contributed by atoms with van der Waals surface area (Å²) >= 11 is 3.22. The summed E-state index contributed by atoms with van der Waals surface area (Å²) in [5.74, 6) is -0.215. The van der Waals surface area contributed by atoms with Crippen LogP contribution in [0.25, 0.3) is 0 Å². The molecule has 0 radical (unpaired) electrons. The zero-order valence-corrected chi connectivity index (χ0v) is 12.6. The van der Waals surface area contributed by atoms with Gasteiger partial charge in [-0.1, -0.05) is 0 Å². The Morgan fingerprint density at radius 2 is 2.30 bits per heavy atom. The molecule has 1 fully saturated rings. The van der Waals surface area contributed by atoms with Crippen LogP contribution in [0.4, 0.5) is 5.69 Å². The summed E-state index contributed by atoms with van der Waals surface area (Å²) in [7, 11) is 0. The van der Waals surface area contributed by atoms with Gasteiger partial charge in [0, 0.05) is 28.7 Å². The van der Waals surface area contributed by atoms with Gasteiger partial charge in [0.1, 0.15) is 0 Å². The van der Waals surface area contributed by atoms with Crippen LogP contribution < -0.4 is 10.6 Å². The predicted octanol–water partition coefficient (Wildman–Crippen LogP) is 2.23. The molecule has 2 rings (SSSR count). The van der Waals surface area contributed by atoms with Crippen LogP contribution in [-0.4, -0.2) is 29.5 Å². The summed E-state index contributed by atoms with van der Waals surface area (Å²) in [5.41, 5.74) is 0.370. The van der Waals surface area contributed by atoms with E-state index >= 15 is 0 Å². The molecule has 1 aliphatic heterocycles. The van der Waals surface area contributed by atoms with Crippen molar-refractivity contribution in [2.45, 2.75) is 31.8 Å². The molecule has 0 aliphatic carbocycles. The molecule has 2 N–H and O–H groups in total. The molecule has 0 saturated carbocycles. The molecule has 2 unspecified atom stereocenters. The Morgan fingerprint density at radius 1 is 1.55 bits per heavy atom. The van der Waals surface area contributed by atoms with Crippen LogP contribution in [0.5, 0.6) is 0 Å². The van der Waals surface area contributed by atoms with E-state index in [4.69, 9.17) is 0 Å². The minimum atomic E-state index is -0.487. The topological polar surface area (TPSA) is 84.3 Å². The molecule has 1 aromatic rings. The van der Waals surface area contributed by atoms with Gasteiger partial charge in [-0.3, -0.25) is 14.9 Å². The van der Waals surface area contributed by atoms with Gasteiger partial charge in [-0.05, 0) is 48.3 Å². The first-order valence-corrected chi connectivity index (χ1v) is 7.26. The fraction of sp³-hybridized carbons (Fsp3) is 0.462.